The van der Waals surface area contributed by atoms with Gasteiger partial charge < -0.3 is 14.9 Å². The normalized spacial score (nSPS) is 45.8. The number of rotatable bonds is 1. The molecular formula is C15H26O3. The summed E-state index contributed by atoms with van der Waals surface area (Å²) in [7, 11) is 0. The molecule has 18 heavy (non-hydrogen) atoms. The third-order valence-electron chi connectivity index (χ3n) is 4.73. The number of hydrogen-bond donors (Lipinski definition) is 2. The SMILES string of the molecule is C=C1CC[C@@H](C(C)C)[C@@H](O)[C@H]2O[C@@]2(C)CC[C@H]1O. The zero-order valence-electron chi connectivity index (χ0n) is 11.7. The molecule has 0 bridgehead atoms. The lowest BCUT2D eigenvalue weighted by molar-refractivity contribution is 0.0492. The van der Waals surface area contributed by atoms with E-state index in [1.54, 1.807) is 0 Å². The van der Waals surface area contributed by atoms with E-state index in [-0.39, 0.29) is 17.6 Å². The van der Waals surface area contributed by atoms with E-state index in [4.69, 9.17) is 4.74 Å². The minimum Gasteiger partial charge on any atom is -0.390 e. The molecule has 5 atom stereocenters. The maximum Gasteiger partial charge on any atom is 0.113 e. The van der Waals surface area contributed by atoms with Crippen LogP contribution in [0.2, 0.25) is 0 Å². The van der Waals surface area contributed by atoms with Crippen LogP contribution in [0.5, 0.6) is 0 Å². The summed E-state index contributed by atoms with van der Waals surface area (Å²) < 4.78 is 5.72. The fourth-order valence-corrected chi connectivity index (χ4v) is 3.16. The van der Waals surface area contributed by atoms with Gasteiger partial charge in [-0.2, -0.15) is 0 Å². The molecule has 2 aliphatic rings. The molecule has 0 radical (unpaired) electrons. The van der Waals surface area contributed by atoms with E-state index in [0.29, 0.717) is 12.3 Å². The van der Waals surface area contributed by atoms with Gasteiger partial charge in [0.2, 0.25) is 0 Å². The van der Waals surface area contributed by atoms with E-state index in [2.05, 4.69) is 20.4 Å². The van der Waals surface area contributed by atoms with E-state index in [1.165, 1.54) is 0 Å². The molecule has 1 aliphatic heterocycles. The van der Waals surface area contributed by atoms with Gasteiger partial charge in [-0.3, -0.25) is 0 Å². The van der Waals surface area contributed by atoms with Crippen LogP contribution in [0.15, 0.2) is 12.2 Å². The van der Waals surface area contributed by atoms with Crippen molar-refractivity contribution in [1.29, 1.82) is 0 Å². The summed E-state index contributed by atoms with van der Waals surface area (Å²) in [6.07, 6.45) is 2.29. The standard InChI is InChI=1S/C15H26O3/c1-9(2)11-6-5-10(3)12(16)7-8-15(4)14(18-15)13(11)17/h9,11-14,16-17H,3,5-8H2,1-2,4H3/t11-,12+,13+,14+,15-/m0/s1. The Morgan fingerprint density at radius 1 is 1.33 bits per heavy atom. The molecule has 1 saturated heterocycles. The lowest BCUT2D eigenvalue weighted by atomic mass is 9.79. The van der Waals surface area contributed by atoms with Crippen LogP contribution in [0.1, 0.15) is 46.5 Å². The number of aliphatic hydroxyl groups excluding tert-OH is 2. The van der Waals surface area contributed by atoms with Gasteiger partial charge >= 0.3 is 0 Å². The zero-order valence-corrected chi connectivity index (χ0v) is 11.7. The monoisotopic (exact) mass is 254 g/mol. The summed E-state index contributed by atoms with van der Waals surface area (Å²) in [6.45, 7) is 10.3. The molecule has 0 aromatic rings. The highest BCUT2D eigenvalue weighted by Gasteiger charge is 2.57. The third kappa shape index (κ3) is 2.63. The molecule has 1 aliphatic carbocycles. The second-order valence-electron chi connectivity index (χ2n) is 6.50. The van der Waals surface area contributed by atoms with Gasteiger partial charge in [0.1, 0.15) is 6.10 Å². The van der Waals surface area contributed by atoms with Gasteiger partial charge in [0.15, 0.2) is 0 Å². The Labute approximate surface area is 110 Å². The van der Waals surface area contributed by atoms with Gasteiger partial charge in [-0.05, 0) is 50.0 Å². The van der Waals surface area contributed by atoms with Crippen molar-refractivity contribution in [1.82, 2.24) is 0 Å². The van der Waals surface area contributed by atoms with Crippen molar-refractivity contribution in [2.24, 2.45) is 11.8 Å². The van der Waals surface area contributed by atoms with Crippen molar-refractivity contribution < 1.29 is 14.9 Å². The first-order chi connectivity index (χ1) is 8.35. The molecule has 1 heterocycles. The minimum atomic E-state index is -0.422. The van der Waals surface area contributed by atoms with Crippen molar-refractivity contribution >= 4 is 0 Å². The van der Waals surface area contributed by atoms with E-state index < -0.39 is 12.2 Å². The second kappa shape index (κ2) is 4.95. The fraction of sp³-hybridized carbons (Fsp3) is 0.867. The molecule has 2 rings (SSSR count). The van der Waals surface area contributed by atoms with Gasteiger partial charge in [0.05, 0.1) is 17.8 Å². The number of aliphatic hydroxyl groups is 2. The number of fused-ring (bicyclic) bond motifs is 1. The molecule has 0 unspecified atom stereocenters. The number of ether oxygens (including phenoxy) is 1. The van der Waals surface area contributed by atoms with Crippen LogP contribution in [0.4, 0.5) is 0 Å². The molecule has 3 heteroatoms. The highest BCUT2D eigenvalue weighted by atomic mass is 16.6. The lowest BCUT2D eigenvalue weighted by Crippen LogP contribution is -2.34. The first kappa shape index (κ1) is 14.0. The van der Waals surface area contributed by atoms with E-state index in [1.807, 2.05) is 6.92 Å². The average molecular weight is 254 g/mol. The Morgan fingerprint density at radius 2 is 2.00 bits per heavy atom. The summed E-state index contributed by atoms with van der Waals surface area (Å²) in [5, 5.41) is 20.5. The Hall–Kier alpha value is -0.380. The van der Waals surface area contributed by atoms with E-state index in [9.17, 15) is 10.2 Å². The minimum absolute atomic E-state index is 0.0523. The van der Waals surface area contributed by atoms with E-state index in [0.717, 1.165) is 24.8 Å². The molecule has 0 aromatic heterocycles. The smallest absolute Gasteiger partial charge is 0.113 e. The third-order valence-corrected chi connectivity index (χ3v) is 4.73. The van der Waals surface area contributed by atoms with Crippen LogP contribution in [0.25, 0.3) is 0 Å². The predicted molar refractivity (Wildman–Crippen MR) is 71.2 cm³/mol. The van der Waals surface area contributed by atoms with Gasteiger partial charge in [-0.25, -0.2) is 0 Å². The van der Waals surface area contributed by atoms with Crippen molar-refractivity contribution in [3.63, 3.8) is 0 Å². The fourth-order valence-electron chi connectivity index (χ4n) is 3.16. The highest BCUT2D eigenvalue weighted by molar-refractivity contribution is 5.10. The van der Waals surface area contributed by atoms with Crippen molar-refractivity contribution in [3.05, 3.63) is 12.2 Å². The van der Waals surface area contributed by atoms with Crippen molar-refractivity contribution in [2.45, 2.75) is 70.4 Å². The van der Waals surface area contributed by atoms with Gasteiger partial charge in [0.25, 0.3) is 0 Å². The van der Waals surface area contributed by atoms with Gasteiger partial charge in [0, 0.05) is 0 Å². The summed E-state index contributed by atoms with van der Waals surface area (Å²) in [5.41, 5.74) is 0.654. The first-order valence-electron chi connectivity index (χ1n) is 7.07. The molecule has 0 amide bonds. The summed E-state index contributed by atoms with van der Waals surface area (Å²) in [6, 6.07) is 0. The van der Waals surface area contributed by atoms with Gasteiger partial charge in [-0.1, -0.05) is 20.4 Å². The topological polar surface area (TPSA) is 53.0 Å². The van der Waals surface area contributed by atoms with Crippen LogP contribution in [0.3, 0.4) is 0 Å². The van der Waals surface area contributed by atoms with Crippen LogP contribution in [-0.4, -0.2) is 34.1 Å². The molecule has 1 saturated carbocycles. The van der Waals surface area contributed by atoms with E-state index >= 15 is 0 Å². The van der Waals surface area contributed by atoms with Gasteiger partial charge in [-0.15, -0.1) is 0 Å². The van der Waals surface area contributed by atoms with Crippen LogP contribution in [0, 0.1) is 11.8 Å². The molecule has 0 aromatic carbocycles. The quantitative estimate of drug-likeness (QED) is 0.557. The average Bonchev–Trinajstić information content (AvgIpc) is 2.97. The largest absolute Gasteiger partial charge is 0.390 e. The Kier molecular flexibility index (Phi) is 3.86. The highest BCUT2D eigenvalue weighted by Crippen LogP contribution is 2.47. The Balaban J connectivity index is 2.13. The maximum atomic E-state index is 10.5. The predicted octanol–water partition coefficient (Wildman–Crippen LogP) is 2.27. The molecule has 2 N–H and O–H groups in total. The zero-order chi connectivity index (χ0) is 13.5. The Morgan fingerprint density at radius 3 is 2.61 bits per heavy atom. The number of epoxide rings is 1. The summed E-state index contributed by atoms with van der Waals surface area (Å²) in [4.78, 5) is 0. The summed E-state index contributed by atoms with van der Waals surface area (Å²) in [5.74, 6) is 0.636. The Bertz CT molecular complexity index is 326. The van der Waals surface area contributed by atoms with Crippen LogP contribution in [-0.2, 0) is 4.74 Å². The summed E-state index contributed by atoms with van der Waals surface area (Å²) >= 11 is 0. The molecule has 104 valence electrons. The molecule has 0 spiro atoms. The van der Waals surface area contributed by atoms with Crippen molar-refractivity contribution in [2.75, 3.05) is 0 Å². The molecular weight excluding hydrogens is 228 g/mol. The van der Waals surface area contributed by atoms with Crippen LogP contribution < -0.4 is 0 Å². The number of hydrogen-bond acceptors (Lipinski definition) is 3. The molecule has 2 fully saturated rings. The maximum absolute atomic E-state index is 10.5. The molecule has 3 nitrogen and oxygen atoms in total. The second-order valence-corrected chi connectivity index (χ2v) is 6.50. The lowest BCUT2D eigenvalue weighted by Gasteiger charge is -2.28. The first-order valence-corrected chi connectivity index (χ1v) is 7.07. The van der Waals surface area contributed by atoms with Crippen LogP contribution >= 0.6 is 0 Å². The van der Waals surface area contributed by atoms with Crippen molar-refractivity contribution in [3.8, 4) is 0 Å².